The molecule has 2 heterocycles. The van der Waals surface area contributed by atoms with Crippen LogP contribution in [0.25, 0.3) is 0 Å². The van der Waals surface area contributed by atoms with Crippen LogP contribution in [0.15, 0.2) is 17.3 Å². The van der Waals surface area contributed by atoms with E-state index in [1.54, 1.807) is 6.20 Å². The maximum Gasteiger partial charge on any atom is 0.191 e. The van der Waals surface area contributed by atoms with Gasteiger partial charge in [0.1, 0.15) is 5.82 Å². The summed E-state index contributed by atoms with van der Waals surface area (Å²) in [6.45, 7) is 6.67. The van der Waals surface area contributed by atoms with Crippen molar-refractivity contribution in [2.45, 2.75) is 26.5 Å². The molecule has 0 aliphatic carbocycles. The fourth-order valence-electron chi connectivity index (χ4n) is 1.88. The standard InChI is InChI=1S/C12H19N5O.HI/c1-9-8-17(5-6-18-9)12(13)15-7-11-3-4-14-10(2)16-11;/h3-4,9H,5-8H2,1-2H3,(H2,13,15);1H. The van der Waals surface area contributed by atoms with Gasteiger partial charge >= 0.3 is 0 Å². The van der Waals surface area contributed by atoms with E-state index in [0.717, 1.165) is 24.6 Å². The second kappa shape index (κ2) is 7.59. The summed E-state index contributed by atoms with van der Waals surface area (Å²) in [5.41, 5.74) is 6.85. The van der Waals surface area contributed by atoms with Gasteiger partial charge in [0.25, 0.3) is 0 Å². The van der Waals surface area contributed by atoms with E-state index in [9.17, 15) is 0 Å². The maximum atomic E-state index is 5.97. The first-order valence-corrected chi connectivity index (χ1v) is 6.10. The molecule has 1 unspecified atom stereocenters. The van der Waals surface area contributed by atoms with Gasteiger partial charge < -0.3 is 15.4 Å². The van der Waals surface area contributed by atoms with Crippen molar-refractivity contribution in [2.24, 2.45) is 10.7 Å². The summed E-state index contributed by atoms with van der Waals surface area (Å²) in [6, 6.07) is 1.85. The quantitative estimate of drug-likeness (QED) is 0.472. The molecule has 0 radical (unpaired) electrons. The van der Waals surface area contributed by atoms with E-state index in [-0.39, 0.29) is 30.1 Å². The van der Waals surface area contributed by atoms with E-state index in [1.807, 2.05) is 24.8 Å². The van der Waals surface area contributed by atoms with E-state index in [0.29, 0.717) is 19.1 Å². The molecule has 0 aromatic carbocycles. The van der Waals surface area contributed by atoms with E-state index in [1.165, 1.54) is 0 Å². The molecule has 19 heavy (non-hydrogen) atoms. The number of morpholine rings is 1. The van der Waals surface area contributed by atoms with Crippen molar-refractivity contribution >= 4 is 29.9 Å². The van der Waals surface area contributed by atoms with Crippen LogP contribution in [0.4, 0.5) is 0 Å². The van der Waals surface area contributed by atoms with E-state index in [2.05, 4.69) is 15.0 Å². The fourth-order valence-corrected chi connectivity index (χ4v) is 1.88. The van der Waals surface area contributed by atoms with E-state index < -0.39 is 0 Å². The van der Waals surface area contributed by atoms with Crippen LogP contribution in [0.1, 0.15) is 18.4 Å². The van der Waals surface area contributed by atoms with Crippen molar-refractivity contribution in [3.8, 4) is 0 Å². The highest BCUT2D eigenvalue weighted by molar-refractivity contribution is 14.0. The average Bonchev–Trinajstić information content (AvgIpc) is 2.36. The van der Waals surface area contributed by atoms with Gasteiger partial charge in [0.05, 0.1) is 24.9 Å². The number of ether oxygens (including phenoxy) is 1. The van der Waals surface area contributed by atoms with Gasteiger partial charge in [-0.15, -0.1) is 24.0 Å². The first-order chi connectivity index (χ1) is 8.65. The molecule has 1 aromatic rings. The van der Waals surface area contributed by atoms with Crippen LogP contribution in [0.3, 0.4) is 0 Å². The number of halogens is 1. The van der Waals surface area contributed by atoms with Crippen molar-refractivity contribution in [3.05, 3.63) is 23.8 Å². The van der Waals surface area contributed by atoms with Gasteiger partial charge in [0.2, 0.25) is 0 Å². The molecule has 2 rings (SSSR count). The van der Waals surface area contributed by atoms with Gasteiger partial charge in [0.15, 0.2) is 5.96 Å². The summed E-state index contributed by atoms with van der Waals surface area (Å²) in [5.74, 6) is 1.31. The summed E-state index contributed by atoms with van der Waals surface area (Å²) >= 11 is 0. The molecule has 106 valence electrons. The largest absolute Gasteiger partial charge is 0.375 e. The number of aliphatic imine (C=N–C) groups is 1. The molecule has 0 bridgehead atoms. The smallest absolute Gasteiger partial charge is 0.191 e. The van der Waals surface area contributed by atoms with E-state index in [4.69, 9.17) is 10.5 Å². The molecule has 1 saturated heterocycles. The van der Waals surface area contributed by atoms with Crippen LogP contribution >= 0.6 is 24.0 Å². The Labute approximate surface area is 130 Å². The highest BCUT2D eigenvalue weighted by atomic mass is 127. The minimum Gasteiger partial charge on any atom is -0.375 e. The van der Waals surface area contributed by atoms with Gasteiger partial charge in [0, 0.05) is 19.3 Å². The maximum absolute atomic E-state index is 5.97. The Morgan fingerprint density at radius 2 is 2.42 bits per heavy atom. The first-order valence-electron chi connectivity index (χ1n) is 6.10. The molecular formula is C12H20IN5O. The Bertz CT molecular complexity index is 440. The molecule has 1 aromatic heterocycles. The van der Waals surface area contributed by atoms with Crippen LogP contribution in [-0.2, 0) is 11.3 Å². The minimum absolute atomic E-state index is 0. The zero-order valence-electron chi connectivity index (χ0n) is 11.2. The van der Waals surface area contributed by atoms with Crippen molar-refractivity contribution in [1.29, 1.82) is 0 Å². The van der Waals surface area contributed by atoms with Crippen molar-refractivity contribution in [1.82, 2.24) is 14.9 Å². The number of rotatable bonds is 2. The lowest BCUT2D eigenvalue weighted by atomic mass is 10.3. The molecule has 6 nitrogen and oxygen atoms in total. The van der Waals surface area contributed by atoms with Crippen LogP contribution in [-0.4, -0.2) is 46.6 Å². The minimum atomic E-state index is 0. The molecule has 1 aliphatic rings. The summed E-state index contributed by atoms with van der Waals surface area (Å²) < 4.78 is 5.46. The van der Waals surface area contributed by atoms with Crippen LogP contribution in [0.5, 0.6) is 0 Å². The lowest BCUT2D eigenvalue weighted by Crippen LogP contribution is -2.47. The zero-order chi connectivity index (χ0) is 13.0. The Morgan fingerprint density at radius 1 is 1.63 bits per heavy atom. The van der Waals surface area contributed by atoms with Crippen molar-refractivity contribution in [2.75, 3.05) is 19.7 Å². The molecule has 2 N–H and O–H groups in total. The normalized spacial score (nSPS) is 20.0. The monoisotopic (exact) mass is 377 g/mol. The van der Waals surface area contributed by atoms with Gasteiger partial charge in [-0.1, -0.05) is 0 Å². The third-order valence-corrected chi connectivity index (χ3v) is 2.80. The predicted molar refractivity (Wildman–Crippen MR) is 84.5 cm³/mol. The fraction of sp³-hybridized carbons (Fsp3) is 0.583. The van der Waals surface area contributed by atoms with Crippen molar-refractivity contribution in [3.63, 3.8) is 0 Å². The highest BCUT2D eigenvalue weighted by Crippen LogP contribution is 2.04. The molecule has 0 spiro atoms. The van der Waals surface area contributed by atoms with Crippen LogP contribution in [0, 0.1) is 6.92 Å². The summed E-state index contributed by atoms with van der Waals surface area (Å²) in [4.78, 5) is 14.7. The first kappa shape index (κ1) is 16.1. The molecule has 1 fully saturated rings. The summed E-state index contributed by atoms with van der Waals surface area (Å²) in [7, 11) is 0. The Morgan fingerprint density at radius 3 is 3.11 bits per heavy atom. The number of nitrogens with zero attached hydrogens (tertiary/aromatic N) is 4. The zero-order valence-corrected chi connectivity index (χ0v) is 13.6. The highest BCUT2D eigenvalue weighted by Gasteiger charge is 2.17. The topological polar surface area (TPSA) is 76.6 Å². The SMILES string of the molecule is Cc1nccc(CN=C(N)N2CCOC(C)C2)n1.I. The second-order valence-electron chi connectivity index (χ2n) is 4.40. The summed E-state index contributed by atoms with van der Waals surface area (Å²) in [6.07, 6.45) is 1.94. The van der Waals surface area contributed by atoms with Crippen LogP contribution < -0.4 is 5.73 Å². The molecule has 0 amide bonds. The second-order valence-corrected chi connectivity index (χ2v) is 4.40. The Balaban J connectivity index is 0.00000180. The van der Waals surface area contributed by atoms with Crippen molar-refractivity contribution < 1.29 is 4.74 Å². The Kier molecular flexibility index (Phi) is 6.43. The van der Waals surface area contributed by atoms with Gasteiger partial charge in [-0.3, -0.25) is 0 Å². The Hall–Kier alpha value is -0.960. The lowest BCUT2D eigenvalue weighted by Gasteiger charge is -2.31. The van der Waals surface area contributed by atoms with Gasteiger partial charge in [-0.05, 0) is 19.9 Å². The number of hydrogen-bond donors (Lipinski definition) is 1. The molecule has 1 atom stereocenters. The number of guanidine groups is 1. The predicted octanol–water partition coefficient (Wildman–Crippen LogP) is 0.938. The molecule has 1 aliphatic heterocycles. The molecular weight excluding hydrogens is 357 g/mol. The van der Waals surface area contributed by atoms with Gasteiger partial charge in [-0.25, -0.2) is 15.0 Å². The van der Waals surface area contributed by atoms with Gasteiger partial charge in [-0.2, -0.15) is 0 Å². The third-order valence-electron chi connectivity index (χ3n) is 2.80. The summed E-state index contributed by atoms with van der Waals surface area (Å²) in [5, 5.41) is 0. The third kappa shape index (κ3) is 4.90. The number of hydrogen-bond acceptors (Lipinski definition) is 4. The number of aryl methyl sites for hydroxylation is 1. The lowest BCUT2D eigenvalue weighted by molar-refractivity contribution is 0.00528. The van der Waals surface area contributed by atoms with Crippen LogP contribution in [0.2, 0.25) is 0 Å². The number of nitrogens with two attached hydrogens (primary N) is 1. The molecule has 0 saturated carbocycles. The molecule has 7 heteroatoms. The van der Waals surface area contributed by atoms with E-state index >= 15 is 0 Å². The average molecular weight is 377 g/mol. The number of aromatic nitrogens is 2.